The van der Waals surface area contributed by atoms with Gasteiger partial charge in [-0.1, -0.05) is 105 Å². The maximum atomic E-state index is 11.8. The summed E-state index contributed by atoms with van der Waals surface area (Å²) in [6.45, 7) is 19.7. The van der Waals surface area contributed by atoms with Gasteiger partial charge >= 0.3 is 11.9 Å². The van der Waals surface area contributed by atoms with Crippen LogP contribution in [0.2, 0.25) is 0 Å². The Bertz CT molecular complexity index is 609. The lowest BCUT2D eigenvalue weighted by molar-refractivity contribution is -0.140. The van der Waals surface area contributed by atoms with Crippen LogP contribution in [0.4, 0.5) is 0 Å². The number of hydrogen-bond acceptors (Lipinski definition) is 4. The van der Waals surface area contributed by atoms with Crippen molar-refractivity contribution in [2.45, 2.75) is 146 Å². The molecule has 35 heavy (non-hydrogen) atoms. The fraction of sp³-hybridized carbons (Fsp3) is 0.806. The molecule has 0 bridgehead atoms. The molecule has 0 N–H and O–H groups in total. The number of carbonyl (C=O) groups is 2. The van der Waals surface area contributed by atoms with Crippen LogP contribution in [-0.4, -0.2) is 25.2 Å². The van der Waals surface area contributed by atoms with Crippen LogP contribution in [-0.2, 0) is 19.1 Å². The van der Waals surface area contributed by atoms with E-state index in [9.17, 15) is 9.59 Å². The van der Waals surface area contributed by atoms with E-state index in [1.54, 1.807) is 0 Å². The Labute approximate surface area is 218 Å². The Morgan fingerprint density at radius 1 is 0.657 bits per heavy atom. The number of esters is 2. The lowest BCUT2D eigenvalue weighted by atomic mass is 9.85. The molecule has 4 nitrogen and oxygen atoms in total. The SMILES string of the molecule is CCCCCCC(C)(C)C=C(C)C(=O)OCCC.CCCCCCCC(C(=O)OCCC)=C(C)C. The van der Waals surface area contributed by atoms with E-state index >= 15 is 0 Å². The first kappa shape index (κ1) is 35.6. The third-order valence-corrected chi connectivity index (χ3v) is 5.86. The van der Waals surface area contributed by atoms with Crippen LogP contribution in [0.25, 0.3) is 0 Å². The van der Waals surface area contributed by atoms with E-state index in [1.807, 2.05) is 34.6 Å². The maximum Gasteiger partial charge on any atom is 0.333 e. The number of allylic oxidation sites excluding steroid dienone is 2. The van der Waals surface area contributed by atoms with Crippen molar-refractivity contribution in [2.24, 2.45) is 5.41 Å². The standard InChI is InChI=1S/C16H30O2.C15H28O2/c1-6-8-9-10-11-16(4,5)13-14(3)15(17)18-12-7-2;1-5-7-8-9-10-11-14(13(3)4)15(16)17-12-6-2/h13H,6-12H2,1-5H3;5-12H2,1-4H3. The molecule has 0 aromatic heterocycles. The van der Waals surface area contributed by atoms with Crippen molar-refractivity contribution >= 4 is 11.9 Å². The molecule has 0 saturated carbocycles. The van der Waals surface area contributed by atoms with Crippen LogP contribution < -0.4 is 0 Å². The lowest BCUT2D eigenvalue weighted by Gasteiger charge is -2.21. The van der Waals surface area contributed by atoms with Crippen molar-refractivity contribution in [3.63, 3.8) is 0 Å². The molecule has 0 fully saturated rings. The molecule has 0 aromatic carbocycles. The molecule has 4 heteroatoms. The second-order valence-corrected chi connectivity index (χ2v) is 10.5. The highest BCUT2D eigenvalue weighted by molar-refractivity contribution is 5.89. The summed E-state index contributed by atoms with van der Waals surface area (Å²) in [6.07, 6.45) is 17.1. The zero-order chi connectivity index (χ0) is 27.1. The highest BCUT2D eigenvalue weighted by Crippen LogP contribution is 2.27. The van der Waals surface area contributed by atoms with Crippen molar-refractivity contribution in [2.75, 3.05) is 13.2 Å². The molecule has 0 amide bonds. The van der Waals surface area contributed by atoms with Gasteiger partial charge in [0, 0.05) is 11.1 Å². The molecule has 0 aliphatic rings. The fourth-order valence-corrected chi connectivity index (χ4v) is 3.78. The van der Waals surface area contributed by atoms with Gasteiger partial charge in [0.2, 0.25) is 0 Å². The number of carbonyl (C=O) groups excluding carboxylic acids is 2. The molecule has 0 saturated heterocycles. The molecule has 0 heterocycles. The third kappa shape index (κ3) is 21.4. The van der Waals surface area contributed by atoms with Gasteiger partial charge in [-0.15, -0.1) is 0 Å². The highest BCUT2D eigenvalue weighted by atomic mass is 16.5. The average Bonchev–Trinajstić information content (AvgIpc) is 2.80. The van der Waals surface area contributed by atoms with Gasteiger partial charge < -0.3 is 9.47 Å². The van der Waals surface area contributed by atoms with Crippen LogP contribution in [0, 0.1) is 5.41 Å². The molecule has 0 atom stereocenters. The topological polar surface area (TPSA) is 52.6 Å². The van der Waals surface area contributed by atoms with Crippen molar-refractivity contribution in [3.05, 3.63) is 22.8 Å². The van der Waals surface area contributed by atoms with Gasteiger partial charge in [0.15, 0.2) is 0 Å². The van der Waals surface area contributed by atoms with E-state index in [0.717, 1.165) is 48.8 Å². The van der Waals surface area contributed by atoms with Crippen LogP contribution in [0.5, 0.6) is 0 Å². The molecule has 206 valence electrons. The first-order chi connectivity index (χ1) is 16.6. The Morgan fingerprint density at radius 3 is 1.63 bits per heavy atom. The molecule has 0 radical (unpaired) electrons. The molecule has 0 rings (SSSR count). The van der Waals surface area contributed by atoms with Gasteiger partial charge in [-0.25, -0.2) is 9.59 Å². The predicted octanol–water partition coefficient (Wildman–Crippen LogP) is 9.52. The van der Waals surface area contributed by atoms with Gasteiger partial charge in [-0.3, -0.25) is 0 Å². The lowest BCUT2D eigenvalue weighted by Crippen LogP contribution is -2.13. The fourth-order valence-electron chi connectivity index (χ4n) is 3.78. The largest absolute Gasteiger partial charge is 0.462 e. The van der Waals surface area contributed by atoms with Crippen LogP contribution in [0.3, 0.4) is 0 Å². The van der Waals surface area contributed by atoms with Crippen molar-refractivity contribution in [1.29, 1.82) is 0 Å². The normalized spacial score (nSPS) is 11.4. The summed E-state index contributed by atoms with van der Waals surface area (Å²) in [5, 5.41) is 0. The molecule has 0 aromatic rings. The third-order valence-electron chi connectivity index (χ3n) is 5.86. The van der Waals surface area contributed by atoms with E-state index in [-0.39, 0.29) is 17.4 Å². The summed E-state index contributed by atoms with van der Waals surface area (Å²) in [4.78, 5) is 23.4. The Hall–Kier alpha value is -1.58. The maximum absolute atomic E-state index is 11.8. The summed E-state index contributed by atoms with van der Waals surface area (Å²) in [5.74, 6) is -0.277. The van der Waals surface area contributed by atoms with E-state index in [4.69, 9.17) is 9.47 Å². The second kappa shape index (κ2) is 22.9. The van der Waals surface area contributed by atoms with Gasteiger partial charge in [0.05, 0.1) is 13.2 Å². The average molecular weight is 495 g/mol. The number of unbranched alkanes of at least 4 members (excludes halogenated alkanes) is 7. The Balaban J connectivity index is 0. The molecule has 0 aliphatic heterocycles. The van der Waals surface area contributed by atoms with Gasteiger partial charge in [0.1, 0.15) is 0 Å². The van der Waals surface area contributed by atoms with E-state index in [1.165, 1.54) is 51.4 Å². The minimum atomic E-state index is -0.168. The smallest absolute Gasteiger partial charge is 0.333 e. The Kier molecular flexibility index (Phi) is 23.2. The molecule has 0 spiro atoms. The summed E-state index contributed by atoms with van der Waals surface area (Å²) in [6, 6.07) is 0. The van der Waals surface area contributed by atoms with Gasteiger partial charge in [-0.2, -0.15) is 0 Å². The molecule has 0 aliphatic carbocycles. The van der Waals surface area contributed by atoms with Gasteiger partial charge in [0.25, 0.3) is 0 Å². The van der Waals surface area contributed by atoms with E-state index < -0.39 is 0 Å². The molecular weight excluding hydrogens is 436 g/mol. The summed E-state index contributed by atoms with van der Waals surface area (Å²) >= 11 is 0. The predicted molar refractivity (Wildman–Crippen MR) is 151 cm³/mol. The Morgan fingerprint density at radius 2 is 1.14 bits per heavy atom. The zero-order valence-corrected chi connectivity index (χ0v) is 24.8. The molecule has 0 unspecified atom stereocenters. The van der Waals surface area contributed by atoms with Gasteiger partial charge in [-0.05, 0) is 58.3 Å². The minimum absolute atomic E-state index is 0.0864. The monoisotopic (exact) mass is 494 g/mol. The first-order valence-corrected chi connectivity index (χ1v) is 14.3. The van der Waals surface area contributed by atoms with Crippen LogP contribution >= 0.6 is 0 Å². The second-order valence-electron chi connectivity index (χ2n) is 10.5. The first-order valence-electron chi connectivity index (χ1n) is 14.3. The van der Waals surface area contributed by atoms with Crippen molar-refractivity contribution < 1.29 is 19.1 Å². The molecular formula is C31H58O4. The van der Waals surface area contributed by atoms with Crippen molar-refractivity contribution in [3.8, 4) is 0 Å². The van der Waals surface area contributed by atoms with Crippen molar-refractivity contribution in [1.82, 2.24) is 0 Å². The number of rotatable bonds is 18. The highest BCUT2D eigenvalue weighted by Gasteiger charge is 2.17. The van der Waals surface area contributed by atoms with E-state index in [0.29, 0.717) is 13.2 Å². The summed E-state index contributed by atoms with van der Waals surface area (Å²) < 4.78 is 10.3. The number of ether oxygens (including phenoxy) is 2. The minimum Gasteiger partial charge on any atom is -0.462 e. The van der Waals surface area contributed by atoms with Crippen LogP contribution in [0.1, 0.15) is 146 Å². The quantitative estimate of drug-likeness (QED) is 0.108. The van der Waals surface area contributed by atoms with Crippen LogP contribution in [0.15, 0.2) is 22.8 Å². The zero-order valence-electron chi connectivity index (χ0n) is 24.8. The summed E-state index contributed by atoms with van der Waals surface area (Å²) in [5.41, 5.74) is 2.81. The number of hydrogen-bond donors (Lipinski definition) is 0. The van der Waals surface area contributed by atoms with E-state index in [2.05, 4.69) is 33.8 Å². The summed E-state index contributed by atoms with van der Waals surface area (Å²) in [7, 11) is 0.